The summed E-state index contributed by atoms with van der Waals surface area (Å²) in [5.74, 6) is -1.31. The summed E-state index contributed by atoms with van der Waals surface area (Å²) >= 11 is 0. The van der Waals surface area contributed by atoms with Gasteiger partial charge in [0.25, 0.3) is 0 Å². The fourth-order valence-corrected chi connectivity index (χ4v) is 1.41. The number of nitrogens with zero attached hydrogens (tertiary/aromatic N) is 2. The van der Waals surface area contributed by atoms with Gasteiger partial charge in [-0.15, -0.1) is 0 Å². The van der Waals surface area contributed by atoms with Crippen LogP contribution in [-0.2, 0) is 6.18 Å². The lowest BCUT2D eigenvalue weighted by molar-refractivity contribution is -0.145. The van der Waals surface area contributed by atoms with Crippen LogP contribution in [-0.4, -0.2) is 15.2 Å². The first-order chi connectivity index (χ1) is 7.39. The van der Waals surface area contributed by atoms with Gasteiger partial charge in [-0.05, 0) is 19.1 Å². The zero-order chi connectivity index (χ0) is 11.9. The maximum absolute atomic E-state index is 12.5. The van der Waals surface area contributed by atoms with Crippen molar-refractivity contribution in [1.29, 1.82) is 0 Å². The summed E-state index contributed by atoms with van der Waals surface area (Å²) < 4.78 is 38.4. The standard InChI is InChI=1S/C10H7F3N2O/c1-6(16)7-2-3-8-4-14-9(10(11,12)13)15(8)5-7/h2-5H,1H3. The predicted octanol–water partition coefficient (Wildman–Crippen LogP) is 2.56. The number of carbonyl (C=O) groups excluding carboxylic acids is 1. The second kappa shape index (κ2) is 3.33. The number of carbonyl (C=O) groups is 1. The van der Waals surface area contributed by atoms with Crippen LogP contribution in [0.2, 0.25) is 0 Å². The Morgan fingerprint density at radius 1 is 1.38 bits per heavy atom. The third-order valence-electron chi connectivity index (χ3n) is 2.19. The van der Waals surface area contributed by atoms with Crippen molar-refractivity contribution in [2.24, 2.45) is 0 Å². The molecular formula is C10H7F3N2O. The summed E-state index contributed by atoms with van der Waals surface area (Å²) in [5, 5.41) is 0. The number of fused-ring (bicyclic) bond motifs is 1. The molecule has 2 heterocycles. The molecule has 0 bridgehead atoms. The molecule has 16 heavy (non-hydrogen) atoms. The van der Waals surface area contributed by atoms with Crippen molar-refractivity contribution in [3.63, 3.8) is 0 Å². The number of aromatic nitrogens is 2. The lowest BCUT2D eigenvalue weighted by atomic mass is 10.2. The van der Waals surface area contributed by atoms with Crippen molar-refractivity contribution in [3.05, 3.63) is 35.9 Å². The van der Waals surface area contributed by atoms with E-state index in [0.29, 0.717) is 5.52 Å². The fraction of sp³-hybridized carbons (Fsp3) is 0.200. The summed E-state index contributed by atoms with van der Waals surface area (Å²) in [6, 6.07) is 2.90. The Kier molecular flexibility index (Phi) is 2.22. The van der Waals surface area contributed by atoms with Gasteiger partial charge in [-0.2, -0.15) is 13.2 Å². The summed E-state index contributed by atoms with van der Waals surface area (Å²) in [5.41, 5.74) is 0.522. The quantitative estimate of drug-likeness (QED) is 0.703. The molecule has 2 aromatic heterocycles. The van der Waals surface area contributed by atoms with Gasteiger partial charge < -0.3 is 0 Å². The van der Waals surface area contributed by atoms with Gasteiger partial charge in [-0.1, -0.05) is 0 Å². The molecule has 2 aromatic rings. The second-order valence-corrected chi connectivity index (χ2v) is 3.35. The van der Waals surface area contributed by atoms with Crippen molar-refractivity contribution in [2.75, 3.05) is 0 Å². The summed E-state index contributed by atoms with van der Waals surface area (Å²) in [6.45, 7) is 1.30. The van der Waals surface area contributed by atoms with Crippen molar-refractivity contribution in [2.45, 2.75) is 13.1 Å². The molecule has 0 amide bonds. The third kappa shape index (κ3) is 1.66. The Hall–Kier alpha value is -1.85. The zero-order valence-electron chi connectivity index (χ0n) is 8.25. The minimum Gasteiger partial charge on any atom is -0.295 e. The van der Waals surface area contributed by atoms with E-state index in [1.54, 1.807) is 0 Å². The van der Waals surface area contributed by atoms with Gasteiger partial charge in [-0.3, -0.25) is 9.20 Å². The van der Waals surface area contributed by atoms with Crippen LogP contribution in [0.5, 0.6) is 0 Å². The molecule has 0 aliphatic heterocycles. The van der Waals surface area contributed by atoms with Gasteiger partial charge >= 0.3 is 6.18 Å². The van der Waals surface area contributed by atoms with Crippen LogP contribution in [0.3, 0.4) is 0 Å². The zero-order valence-corrected chi connectivity index (χ0v) is 8.25. The van der Waals surface area contributed by atoms with E-state index in [0.717, 1.165) is 16.8 Å². The number of ketones is 1. The Labute approximate surface area is 88.5 Å². The molecule has 0 atom stereocenters. The molecule has 84 valence electrons. The molecule has 0 saturated carbocycles. The molecule has 0 spiro atoms. The van der Waals surface area contributed by atoms with E-state index in [1.165, 1.54) is 19.1 Å². The van der Waals surface area contributed by atoms with E-state index in [1.807, 2.05) is 0 Å². The van der Waals surface area contributed by atoms with Crippen LogP contribution in [0, 0.1) is 0 Å². The Bertz CT molecular complexity index is 557. The van der Waals surface area contributed by atoms with Crippen LogP contribution in [0.4, 0.5) is 13.2 Å². The number of Topliss-reactive ketones (excluding diaryl/α,β-unsaturated/α-hetero) is 1. The molecule has 0 aromatic carbocycles. The normalized spacial score (nSPS) is 12.0. The molecule has 3 nitrogen and oxygen atoms in total. The lowest BCUT2D eigenvalue weighted by Gasteiger charge is -2.05. The first-order valence-electron chi connectivity index (χ1n) is 4.45. The van der Waals surface area contributed by atoms with Gasteiger partial charge in [0.15, 0.2) is 5.78 Å². The SMILES string of the molecule is CC(=O)c1ccc2cnc(C(F)(F)F)n2c1. The first kappa shape index (κ1) is 10.7. The van der Waals surface area contributed by atoms with Crippen molar-refractivity contribution in [3.8, 4) is 0 Å². The van der Waals surface area contributed by atoms with Crippen LogP contribution in [0.25, 0.3) is 5.52 Å². The number of hydrogen-bond donors (Lipinski definition) is 0. The topological polar surface area (TPSA) is 34.4 Å². The van der Waals surface area contributed by atoms with E-state index in [9.17, 15) is 18.0 Å². The van der Waals surface area contributed by atoms with Crippen LogP contribution in [0.15, 0.2) is 24.5 Å². The van der Waals surface area contributed by atoms with Gasteiger partial charge in [0.05, 0.1) is 11.7 Å². The molecule has 0 aliphatic rings. The number of pyridine rings is 1. The number of rotatable bonds is 1. The van der Waals surface area contributed by atoms with Crippen molar-refractivity contribution >= 4 is 11.3 Å². The number of hydrogen-bond acceptors (Lipinski definition) is 2. The van der Waals surface area contributed by atoms with E-state index in [2.05, 4.69) is 4.98 Å². The van der Waals surface area contributed by atoms with Crippen LogP contribution < -0.4 is 0 Å². The lowest BCUT2D eigenvalue weighted by Crippen LogP contribution is -2.11. The highest BCUT2D eigenvalue weighted by molar-refractivity contribution is 5.94. The molecule has 0 radical (unpaired) electrons. The molecule has 0 aliphatic carbocycles. The van der Waals surface area contributed by atoms with Gasteiger partial charge in [0.1, 0.15) is 0 Å². The predicted molar refractivity (Wildman–Crippen MR) is 50.2 cm³/mol. The molecule has 0 unspecified atom stereocenters. The smallest absolute Gasteiger partial charge is 0.295 e. The summed E-state index contributed by atoms with van der Waals surface area (Å²) in [4.78, 5) is 14.4. The summed E-state index contributed by atoms with van der Waals surface area (Å²) in [7, 11) is 0. The van der Waals surface area contributed by atoms with Crippen molar-refractivity contribution in [1.82, 2.24) is 9.38 Å². The molecule has 0 fully saturated rings. The van der Waals surface area contributed by atoms with Gasteiger partial charge in [0, 0.05) is 11.8 Å². The maximum Gasteiger partial charge on any atom is 0.450 e. The fourth-order valence-electron chi connectivity index (χ4n) is 1.41. The number of imidazole rings is 1. The maximum atomic E-state index is 12.5. The molecule has 0 N–H and O–H groups in total. The van der Waals surface area contributed by atoms with Crippen LogP contribution >= 0.6 is 0 Å². The third-order valence-corrected chi connectivity index (χ3v) is 2.19. The van der Waals surface area contributed by atoms with E-state index >= 15 is 0 Å². The minimum atomic E-state index is -4.53. The van der Waals surface area contributed by atoms with Gasteiger partial charge in [0.2, 0.25) is 5.82 Å². The van der Waals surface area contributed by atoms with Crippen LogP contribution in [0.1, 0.15) is 23.1 Å². The monoisotopic (exact) mass is 228 g/mol. The first-order valence-corrected chi connectivity index (χ1v) is 4.45. The largest absolute Gasteiger partial charge is 0.450 e. The van der Waals surface area contributed by atoms with E-state index in [-0.39, 0.29) is 11.3 Å². The van der Waals surface area contributed by atoms with Crippen molar-refractivity contribution < 1.29 is 18.0 Å². The second-order valence-electron chi connectivity index (χ2n) is 3.35. The molecule has 6 heteroatoms. The van der Waals surface area contributed by atoms with E-state index in [4.69, 9.17) is 0 Å². The number of halogens is 3. The Morgan fingerprint density at radius 3 is 2.62 bits per heavy atom. The molecule has 2 rings (SSSR count). The van der Waals surface area contributed by atoms with E-state index < -0.39 is 12.0 Å². The van der Waals surface area contributed by atoms with Gasteiger partial charge in [-0.25, -0.2) is 4.98 Å². The number of alkyl halides is 3. The average Bonchev–Trinajstić information content (AvgIpc) is 2.58. The Balaban J connectivity index is 2.70. The Morgan fingerprint density at radius 2 is 2.06 bits per heavy atom. The molecule has 0 saturated heterocycles. The molecular weight excluding hydrogens is 221 g/mol. The minimum absolute atomic E-state index is 0.219. The highest BCUT2D eigenvalue weighted by Gasteiger charge is 2.35. The highest BCUT2D eigenvalue weighted by Crippen LogP contribution is 2.28. The summed E-state index contributed by atoms with van der Waals surface area (Å²) in [6.07, 6.45) is -2.26. The average molecular weight is 228 g/mol. The highest BCUT2D eigenvalue weighted by atomic mass is 19.4.